The van der Waals surface area contributed by atoms with Gasteiger partial charge in [0.25, 0.3) is 0 Å². The van der Waals surface area contributed by atoms with E-state index in [1.54, 1.807) is 6.92 Å². The normalized spacial score (nSPS) is 11.3. The Morgan fingerprint density at radius 2 is 2.33 bits per heavy atom. The molecule has 9 heavy (non-hydrogen) atoms. The van der Waals surface area contributed by atoms with Crippen molar-refractivity contribution in [1.29, 1.82) is 0 Å². The fourth-order valence-corrected chi connectivity index (χ4v) is 0.270. The predicted molar refractivity (Wildman–Crippen MR) is 36.9 cm³/mol. The van der Waals surface area contributed by atoms with Crippen LogP contribution in [0.15, 0.2) is 0 Å². The van der Waals surface area contributed by atoms with E-state index in [2.05, 4.69) is 5.32 Å². The van der Waals surface area contributed by atoms with E-state index >= 15 is 0 Å². The highest BCUT2D eigenvalue weighted by atomic mass is 35.5. The highest BCUT2D eigenvalue weighted by molar-refractivity contribution is 5.85. The Hall–Kier alpha value is -0.480. The fraction of sp³-hybridized carbons (Fsp3) is 0.750. The lowest BCUT2D eigenvalue weighted by Crippen LogP contribution is -2.36. The third-order valence-corrected chi connectivity index (χ3v) is 0.723. The minimum atomic E-state index is -1.03. The average molecular weight is 155 g/mol. The second-order valence-electron chi connectivity index (χ2n) is 1.59. The molecular weight excluding hydrogens is 144 g/mol. The molecule has 1 atom stereocenters. The van der Waals surface area contributed by atoms with Gasteiger partial charge in [-0.25, -0.2) is 4.79 Å². The van der Waals surface area contributed by atoms with Crippen LogP contribution in [0.3, 0.4) is 0 Å². The molecule has 0 radical (unpaired) electrons. The molecule has 0 aliphatic carbocycles. The standard InChI is InChI=1S/C4H10N2O2.ClH/c1-3(2-5)6-4(7)8;/h3,6H,2,5H2,1H3,(H,7,8);1H. The van der Waals surface area contributed by atoms with E-state index in [1.807, 2.05) is 0 Å². The van der Waals surface area contributed by atoms with Crippen LogP contribution in [0.25, 0.3) is 0 Å². The zero-order valence-electron chi connectivity index (χ0n) is 5.13. The van der Waals surface area contributed by atoms with Gasteiger partial charge in [-0.05, 0) is 6.92 Å². The SMILES string of the molecule is CC(CN)NC(=O)O.Cl. The summed E-state index contributed by atoms with van der Waals surface area (Å²) in [6.07, 6.45) is -1.03. The largest absolute Gasteiger partial charge is 0.465 e. The molecule has 0 aromatic carbocycles. The Kier molecular flexibility index (Phi) is 7.12. The molecule has 4 N–H and O–H groups in total. The summed E-state index contributed by atoms with van der Waals surface area (Å²) >= 11 is 0. The van der Waals surface area contributed by atoms with Gasteiger partial charge in [0, 0.05) is 12.6 Å². The van der Waals surface area contributed by atoms with Crippen molar-refractivity contribution in [2.24, 2.45) is 5.73 Å². The van der Waals surface area contributed by atoms with Crippen LogP contribution in [0.2, 0.25) is 0 Å². The van der Waals surface area contributed by atoms with Crippen LogP contribution in [-0.4, -0.2) is 23.8 Å². The molecule has 0 heterocycles. The Morgan fingerprint density at radius 3 is 2.44 bits per heavy atom. The summed E-state index contributed by atoms with van der Waals surface area (Å²) in [5.41, 5.74) is 5.09. The molecule has 0 aliphatic heterocycles. The third kappa shape index (κ3) is 7.52. The van der Waals surface area contributed by atoms with Crippen LogP contribution in [-0.2, 0) is 0 Å². The zero-order valence-corrected chi connectivity index (χ0v) is 5.94. The molecule has 0 aliphatic rings. The van der Waals surface area contributed by atoms with Gasteiger partial charge in [-0.3, -0.25) is 0 Å². The Balaban J connectivity index is 0. The highest BCUT2D eigenvalue weighted by Gasteiger charge is 1.99. The Morgan fingerprint density at radius 1 is 1.89 bits per heavy atom. The van der Waals surface area contributed by atoms with Crippen LogP contribution in [0.4, 0.5) is 4.79 Å². The molecule has 56 valence electrons. The summed E-state index contributed by atoms with van der Waals surface area (Å²) in [6, 6.07) is -0.146. The first-order chi connectivity index (χ1) is 3.66. The molecule has 0 fully saturated rings. The van der Waals surface area contributed by atoms with E-state index in [1.165, 1.54) is 0 Å². The number of hydrogen-bond acceptors (Lipinski definition) is 2. The van der Waals surface area contributed by atoms with E-state index in [-0.39, 0.29) is 18.4 Å². The van der Waals surface area contributed by atoms with E-state index in [0.29, 0.717) is 6.54 Å². The highest BCUT2D eigenvalue weighted by Crippen LogP contribution is 1.73. The van der Waals surface area contributed by atoms with E-state index in [9.17, 15) is 4.79 Å². The summed E-state index contributed by atoms with van der Waals surface area (Å²) in [6.45, 7) is 2.04. The molecule has 0 aromatic rings. The van der Waals surface area contributed by atoms with Crippen LogP contribution in [0, 0.1) is 0 Å². The van der Waals surface area contributed by atoms with Gasteiger partial charge in [-0.2, -0.15) is 0 Å². The number of nitrogens with two attached hydrogens (primary N) is 1. The Bertz CT molecular complexity index is 88.6. The molecular formula is C4H11ClN2O2. The quantitative estimate of drug-likeness (QED) is 0.525. The molecule has 0 saturated carbocycles. The molecule has 1 unspecified atom stereocenters. The van der Waals surface area contributed by atoms with Crippen molar-refractivity contribution in [1.82, 2.24) is 5.32 Å². The second kappa shape index (κ2) is 5.65. The number of halogens is 1. The van der Waals surface area contributed by atoms with Crippen molar-refractivity contribution in [2.45, 2.75) is 13.0 Å². The van der Waals surface area contributed by atoms with E-state index < -0.39 is 6.09 Å². The first-order valence-electron chi connectivity index (χ1n) is 2.36. The van der Waals surface area contributed by atoms with Crippen LogP contribution >= 0.6 is 12.4 Å². The van der Waals surface area contributed by atoms with Crippen LogP contribution in [0.1, 0.15) is 6.92 Å². The molecule has 0 spiro atoms. The average Bonchev–Trinajstić information content (AvgIpc) is 1.65. The molecule has 0 rings (SSSR count). The first-order valence-corrected chi connectivity index (χ1v) is 2.36. The van der Waals surface area contributed by atoms with Gasteiger partial charge in [0.2, 0.25) is 0 Å². The maximum atomic E-state index is 9.80. The van der Waals surface area contributed by atoms with Crippen molar-refractivity contribution in [2.75, 3.05) is 6.54 Å². The van der Waals surface area contributed by atoms with Crippen molar-refractivity contribution in [3.63, 3.8) is 0 Å². The number of carboxylic acid groups (broad SMARTS) is 1. The number of nitrogens with one attached hydrogen (secondary N) is 1. The number of hydrogen-bond donors (Lipinski definition) is 3. The van der Waals surface area contributed by atoms with Gasteiger partial charge in [0.15, 0.2) is 0 Å². The van der Waals surface area contributed by atoms with Gasteiger partial charge in [0.05, 0.1) is 0 Å². The number of rotatable bonds is 2. The number of carbonyl (C=O) groups is 1. The lowest BCUT2D eigenvalue weighted by Gasteiger charge is -2.05. The second-order valence-corrected chi connectivity index (χ2v) is 1.59. The van der Waals surface area contributed by atoms with Crippen molar-refractivity contribution < 1.29 is 9.90 Å². The fourth-order valence-electron chi connectivity index (χ4n) is 0.270. The lowest BCUT2D eigenvalue weighted by atomic mass is 10.3. The Labute approximate surface area is 59.8 Å². The van der Waals surface area contributed by atoms with Gasteiger partial charge in [-0.15, -0.1) is 12.4 Å². The summed E-state index contributed by atoms with van der Waals surface area (Å²) < 4.78 is 0. The smallest absolute Gasteiger partial charge is 0.404 e. The molecule has 0 aromatic heterocycles. The summed E-state index contributed by atoms with van der Waals surface area (Å²) in [7, 11) is 0. The summed E-state index contributed by atoms with van der Waals surface area (Å²) in [5.74, 6) is 0. The minimum Gasteiger partial charge on any atom is -0.465 e. The maximum absolute atomic E-state index is 9.80. The molecule has 5 heteroatoms. The molecule has 0 bridgehead atoms. The summed E-state index contributed by atoms with van der Waals surface area (Å²) in [5, 5.41) is 10.2. The van der Waals surface area contributed by atoms with Crippen molar-refractivity contribution in [3.05, 3.63) is 0 Å². The van der Waals surface area contributed by atoms with Gasteiger partial charge in [-0.1, -0.05) is 0 Å². The van der Waals surface area contributed by atoms with Crippen molar-refractivity contribution in [3.8, 4) is 0 Å². The summed E-state index contributed by atoms with van der Waals surface area (Å²) in [4.78, 5) is 9.80. The zero-order chi connectivity index (χ0) is 6.57. The maximum Gasteiger partial charge on any atom is 0.404 e. The first kappa shape index (κ1) is 11.3. The lowest BCUT2D eigenvalue weighted by molar-refractivity contribution is 0.191. The van der Waals surface area contributed by atoms with Gasteiger partial charge < -0.3 is 16.2 Å². The molecule has 4 nitrogen and oxygen atoms in total. The van der Waals surface area contributed by atoms with E-state index in [4.69, 9.17) is 10.8 Å². The molecule has 0 saturated heterocycles. The van der Waals surface area contributed by atoms with Crippen LogP contribution < -0.4 is 11.1 Å². The van der Waals surface area contributed by atoms with E-state index in [0.717, 1.165) is 0 Å². The van der Waals surface area contributed by atoms with Gasteiger partial charge in [0.1, 0.15) is 0 Å². The predicted octanol–water partition coefficient (Wildman–Crippen LogP) is 0.0230. The van der Waals surface area contributed by atoms with Crippen molar-refractivity contribution >= 4 is 18.5 Å². The topological polar surface area (TPSA) is 75.3 Å². The minimum absolute atomic E-state index is 0. The number of amides is 1. The third-order valence-electron chi connectivity index (χ3n) is 0.723. The van der Waals surface area contributed by atoms with Crippen LogP contribution in [0.5, 0.6) is 0 Å². The van der Waals surface area contributed by atoms with Gasteiger partial charge >= 0.3 is 6.09 Å². The monoisotopic (exact) mass is 154 g/mol. The molecule has 1 amide bonds.